The molecule has 120 valence electrons. The molecule has 0 atom stereocenters. The molecule has 21 heavy (non-hydrogen) atoms. The normalized spacial score (nSPS) is 23.6. The van der Waals surface area contributed by atoms with Crippen molar-refractivity contribution < 1.29 is 8.42 Å². The molecule has 2 rings (SSSR count). The van der Waals surface area contributed by atoms with E-state index in [0.717, 1.165) is 32.1 Å². The van der Waals surface area contributed by atoms with Crippen molar-refractivity contribution in [3.63, 3.8) is 0 Å². The minimum Gasteiger partial charge on any atom is -0.271 e. The lowest BCUT2D eigenvalue weighted by molar-refractivity contribution is 0.246. The lowest BCUT2D eigenvalue weighted by atomic mass is 9.87. The summed E-state index contributed by atoms with van der Waals surface area (Å²) in [4.78, 5) is 0.276. The molecule has 5 nitrogen and oxygen atoms in total. The quantitative estimate of drug-likeness (QED) is 0.752. The molecule has 1 fully saturated rings. The Morgan fingerprint density at radius 2 is 2.05 bits per heavy atom. The van der Waals surface area contributed by atoms with Crippen LogP contribution in [0.2, 0.25) is 0 Å². The first-order valence-corrected chi connectivity index (χ1v) is 9.49. The number of rotatable bonds is 6. The average molecular weight is 334 g/mol. The molecule has 1 heterocycles. The van der Waals surface area contributed by atoms with Crippen molar-refractivity contribution in [1.82, 2.24) is 14.1 Å². The number of alkyl halides is 1. The Balaban J connectivity index is 2.07. The summed E-state index contributed by atoms with van der Waals surface area (Å²) in [5.41, 5.74) is 0. The van der Waals surface area contributed by atoms with Crippen LogP contribution in [0.15, 0.2) is 17.3 Å². The Labute approximate surface area is 132 Å². The third-order valence-corrected chi connectivity index (χ3v) is 6.44. The molecule has 0 saturated heterocycles. The van der Waals surface area contributed by atoms with E-state index in [-0.39, 0.29) is 10.9 Å². The van der Waals surface area contributed by atoms with Crippen LogP contribution in [-0.4, -0.2) is 41.5 Å². The molecule has 7 heteroatoms. The van der Waals surface area contributed by atoms with Crippen molar-refractivity contribution in [2.75, 3.05) is 12.9 Å². The maximum atomic E-state index is 12.6. The first-order chi connectivity index (χ1) is 9.95. The van der Waals surface area contributed by atoms with Crippen LogP contribution in [0, 0.1) is 5.92 Å². The standard InChI is InChI=1S/C14H24ClN3O2S/c1-12-4-6-13(7-5-12)17(2)21(19,20)14-10-16-18(11-14)9-3-8-15/h10-13H,3-9H2,1-2H3. The molecule has 0 spiro atoms. The molecule has 1 aliphatic rings. The predicted octanol–water partition coefficient (Wildman–Crippen LogP) is 2.71. The van der Waals surface area contributed by atoms with Crippen molar-refractivity contribution in [2.24, 2.45) is 5.92 Å². The Kier molecular flexibility index (Phi) is 5.68. The number of nitrogens with zero attached hydrogens (tertiary/aromatic N) is 3. The lowest BCUT2D eigenvalue weighted by Crippen LogP contribution is -2.39. The van der Waals surface area contributed by atoms with Gasteiger partial charge in [-0.25, -0.2) is 8.42 Å². The van der Waals surface area contributed by atoms with Gasteiger partial charge < -0.3 is 0 Å². The molecule has 0 amide bonds. The van der Waals surface area contributed by atoms with Crippen molar-refractivity contribution in [2.45, 2.75) is 56.5 Å². The van der Waals surface area contributed by atoms with Gasteiger partial charge in [-0.3, -0.25) is 4.68 Å². The van der Waals surface area contributed by atoms with E-state index in [9.17, 15) is 8.42 Å². The van der Waals surface area contributed by atoms with Crippen LogP contribution in [0.5, 0.6) is 0 Å². The van der Waals surface area contributed by atoms with Gasteiger partial charge in [0.15, 0.2) is 0 Å². The summed E-state index contributed by atoms with van der Waals surface area (Å²) >= 11 is 5.64. The highest BCUT2D eigenvalue weighted by atomic mass is 35.5. The molecule has 0 aromatic carbocycles. The highest BCUT2D eigenvalue weighted by molar-refractivity contribution is 7.89. The van der Waals surface area contributed by atoms with Crippen LogP contribution in [0.3, 0.4) is 0 Å². The third kappa shape index (κ3) is 3.99. The largest absolute Gasteiger partial charge is 0.271 e. The molecule has 0 bridgehead atoms. The zero-order chi connectivity index (χ0) is 15.5. The molecule has 0 aliphatic heterocycles. The molecular weight excluding hydrogens is 310 g/mol. The number of hydrogen-bond donors (Lipinski definition) is 0. The Morgan fingerprint density at radius 3 is 2.67 bits per heavy atom. The maximum absolute atomic E-state index is 12.6. The highest BCUT2D eigenvalue weighted by Crippen LogP contribution is 2.29. The second-order valence-corrected chi connectivity index (χ2v) is 8.29. The molecule has 1 aliphatic carbocycles. The van der Waals surface area contributed by atoms with E-state index in [1.54, 1.807) is 17.9 Å². The summed E-state index contributed by atoms with van der Waals surface area (Å²) in [6, 6.07) is 0.109. The van der Waals surface area contributed by atoms with E-state index in [0.29, 0.717) is 18.3 Å². The van der Waals surface area contributed by atoms with E-state index >= 15 is 0 Å². The van der Waals surface area contributed by atoms with Gasteiger partial charge in [-0.1, -0.05) is 6.92 Å². The molecule has 0 radical (unpaired) electrons. The van der Waals surface area contributed by atoms with Crippen LogP contribution >= 0.6 is 11.6 Å². The Bertz CT molecular complexity index is 550. The van der Waals surface area contributed by atoms with Gasteiger partial charge in [-0.05, 0) is 38.0 Å². The smallest absolute Gasteiger partial charge is 0.246 e. The predicted molar refractivity (Wildman–Crippen MR) is 83.9 cm³/mol. The van der Waals surface area contributed by atoms with Gasteiger partial charge in [0.1, 0.15) is 4.90 Å². The van der Waals surface area contributed by atoms with Crippen LogP contribution in [0.1, 0.15) is 39.0 Å². The first-order valence-electron chi connectivity index (χ1n) is 7.51. The molecule has 1 aromatic rings. The number of aromatic nitrogens is 2. The van der Waals surface area contributed by atoms with Crippen molar-refractivity contribution >= 4 is 21.6 Å². The summed E-state index contributed by atoms with van der Waals surface area (Å²) in [7, 11) is -1.76. The number of halogens is 1. The molecule has 0 unspecified atom stereocenters. The fourth-order valence-corrected chi connectivity index (χ4v) is 4.28. The summed E-state index contributed by atoms with van der Waals surface area (Å²) in [5.74, 6) is 1.25. The van der Waals surface area contributed by atoms with Crippen molar-refractivity contribution in [3.05, 3.63) is 12.4 Å². The third-order valence-electron chi connectivity index (χ3n) is 4.31. The second kappa shape index (κ2) is 7.11. The van der Waals surface area contributed by atoms with E-state index < -0.39 is 10.0 Å². The zero-order valence-electron chi connectivity index (χ0n) is 12.7. The molecule has 1 saturated carbocycles. The van der Waals surface area contributed by atoms with Gasteiger partial charge >= 0.3 is 0 Å². The van der Waals surface area contributed by atoms with E-state index in [4.69, 9.17) is 11.6 Å². The van der Waals surface area contributed by atoms with Gasteiger partial charge in [0, 0.05) is 31.7 Å². The fourth-order valence-electron chi connectivity index (χ4n) is 2.79. The van der Waals surface area contributed by atoms with Gasteiger partial charge in [-0.15, -0.1) is 11.6 Å². The maximum Gasteiger partial charge on any atom is 0.246 e. The average Bonchev–Trinajstić information content (AvgIpc) is 2.94. The van der Waals surface area contributed by atoms with Crippen molar-refractivity contribution in [3.8, 4) is 0 Å². The fraction of sp³-hybridized carbons (Fsp3) is 0.786. The van der Waals surface area contributed by atoms with E-state index in [1.165, 1.54) is 10.5 Å². The van der Waals surface area contributed by atoms with Gasteiger partial charge in [0.05, 0.1) is 6.20 Å². The number of sulfonamides is 1. The first kappa shape index (κ1) is 16.8. The highest BCUT2D eigenvalue weighted by Gasteiger charge is 2.31. The zero-order valence-corrected chi connectivity index (χ0v) is 14.3. The topological polar surface area (TPSA) is 55.2 Å². The molecular formula is C14H24ClN3O2S. The van der Waals surface area contributed by atoms with Crippen LogP contribution < -0.4 is 0 Å². The molecule has 1 aromatic heterocycles. The van der Waals surface area contributed by atoms with Gasteiger partial charge in [-0.2, -0.15) is 9.40 Å². The minimum absolute atomic E-state index is 0.109. The van der Waals surface area contributed by atoms with E-state index in [2.05, 4.69) is 12.0 Å². The van der Waals surface area contributed by atoms with Crippen molar-refractivity contribution in [1.29, 1.82) is 0 Å². The Hall–Kier alpha value is -0.590. The summed E-state index contributed by atoms with van der Waals surface area (Å²) in [6.45, 7) is 2.87. The number of hydrogen-bond acceptors (Lipinski definition) is 3. The molecule has 0 N–H and O–H groups in total. The van der Waals surface area contributed by atoms with Crippen LogP contribution in [0.25, 0.3) is 0 Å². The van der Waals surface area contributed by atoms with E-state index in [1.807, 2.05) is 0 Å². The summed E-state index contributed by atoms with van der Waals surface area (Å²) in [6.07, 6.45) is 7.89. The van der Waals surface area contributed by atoms with Crippen LogP contribution in [-0.2, 0) is 16.6 Å². The van der Waals surface area contributed by atoms with Gasteiger partial charge in [0.25, 0.3) is 0 Å². The van der Waals surface area contributed by atoms with Gasteiger partial charge in [0.2, 0.25) is 10.0 Å². The SMILES string of the molecule is CC1CCC(N(C)S(=O)(=O)c2cnn(CCCCl)c2)CC1. The number of aryl methyl sites for hydroxylation is 1. The Morgan fingerprint density at radius 1 is 1.38 bits per heavy atom. The van der Waals surface area contributed by atoms with Crippen LogP contribution in [0.4, 0.5) is 0 Å². The summed E-state index contributed by atoms with van der Waals surface area (Å²) in [5, 5.41) is 4.11. The summed E-state index contributed by atoms with van der Waals surface area (Å²) < 4.78 is 28.5. The second-order valence-electron chi connectivity index (χ2n) is 5.92. The monoisotopic (exact) mass is 333 g/mol. The minimum atomic E-state index is -3.44. The lowest BCUT2D eigenvalue weighted by Gasteiger charge is -2.32.